The summed E-state index contributed by atoms with van der Waals surface area (Å²) in [5.41, 5.74) is 2.85. The first-order valence-electron chi connectivity index (χ1n) is 5.58. The molecule has 1 heterocycles. The maximum atomic E-state index is 6.41. The summed E-state index contributed by atoms with van der Waals surface area (Å²) in [4.78, 5) is 4.33. The van der Waals surface area contributed by atoms with Gasteiger partial charge in [0.05, 0.1) is 5.38 Å². The van der Waals surface area contributed by atoms with Crippen molar-refractivity contribution in [1.29, 1.82) is 0 Å². The van der Waals surface area contributed by atoms with Crippen LogP contribution in [-0.2, 0) is 6.42 Å². The summed E-state index contributed by atoms with van der Waals surface area (Å²) < 4.78 is 0. The Kier molecular flexibility index (Phi) is 4.50. The van der Waals surface area contributed by atoms with Crippen LogP contribution in [0.2, 0.25) is 10.0 Å². The number of aromatic nitrogens is 1. The zero-order valence-corrected chi connectivity index (χ0v) is 12.1. The molecule has 0 amide bonds. The van der Waals surface area contributed by atoms with Crippen molar-refractivity contribution in [2.24, 2.45) is 0 Å². The van der Waals surface area contributed by atoms with E-state index in [1.807, 2.05) is 25.1 Å². The average Bonchev–Trinajstić information content (AvgIpc) is 2.32. The molecule has 0 aliphatic rings. The lowest BCUT2D eigenvalue weighted by Crippen LogP contribution is -2.01. The van der Waals surface area contributed by atoms with Crippen molar-refractivity contribution in [1.82, 2.24) is 4.98 Å². The minimum atomic E-state index is -0.278. The lowest BCUT2D eigenvalue weighted by Gasteiger charge is -2.14. The van der Waals surface area contributed by atoms with Gasteiger partial charge in [0.15, 0.2) is 0 Å². The van der Waals surface area contributed by atoms with Gasteiger partial charge < -0.3 is 0 Å². The fourth-order valence-corrected chi connectivity index (χ4v) is 2.97. The predicted octanol–water partition coefficient (Wildman–Crippen LogP) is 5.22. The number of benzene rings is 1. The lowest BCUT2D eigenvalue weighted by atomic mass is 10.0. The van der Waals surface area contributed by atoms with Crippen molar-refractivity contribution in [3.63, 3.8) is 0 Å². The van der Waals surface area contributed by atoms with Gasteiger partial charge >= 0.3 is 0 Å². The Morgan fingerprint density at radius 3 is 2.39 bits per heavy atom. The molecule has 1 unspecified atom stereocenters. The topological polar surface area (TPSA) is 12.9 Å². The molecule has 0 bridgehead atoms. The fourth-order valence-electron chi connectivity index (χ4n) is 1.81. The molecule has 0 aliphatic carbocycles. The highest BCUT2D eigenvalue weighted by Gasteiger charge is 2.17. The largest absolute Gasteiger partial charge is 0.261 e. The fraction of sp³-hybridized carbons (Fsp3) is 0.214. The van der Waals surface area contributed by atoms with E-state index in [0.29, 0.717) is 16.5 Å². The minimum Gasteiger partial charge on any atom is -0.261 e. The van der Waals surface area contributed by atoms with E-state index in [2.05, 4.69) is 4.98 Å². The van der Waals surface area contributed by atoms with Crippen molar-refractivity contribution in [3.05, 3.63) is 63.4 Å². The van der Waals surface area contributed by atoms with Crippen LogP contribution in [0.1, 0.15) is 22.2 Å². The molecular weight excluding hydrogens is 289 g/mol. The van der Waals surface area contributed by atoms with Gasteiger partial charge in [-0.1, -0.05) is 35.3 Å². The number of hydrogen-bond donors (Lipinski definition) is 0. The summed E-state index contributed by atoms with van der Waals surface area (Å²) in [6, 6.07) is 9.32. The van der Waals surface area contributed by atoms with E-state index in [4.69, 9.17) is 34.8 Å². The van der Waals surface area contributed by atoms with E-state index in [1.165, 1.54) is 0 Å². The summed E-state index contributed by atoms with van der Waals surface area (Å²) in [6.07, 6.45) is 2.37. The normalized spacial score (nSPS) is 12.4. The molecule has 0 aliphatic heterocycles. The van der Waals surface area contributed by atoms with Crippen molar-refractivity contribution < 1.29 is 0 Å². The Labute approximate surface area is 122 Å². The number of nitrogens with zero attached hydrogens (tertiary/aromatic N) is 1. The van der Waals surface area contributed by atoms with Crippen molar-refractivity contribution in [2.75, 3.05) is 0 Å². The number of pyridine rings is 1. The zero-order chi connectivity index (χ0) is 13.1. The van der Waals surface area contributed by atoms with E-state index in [-0.39, 0.29) is 5.38 Å². The molecule has 1 nitrogen and oxygen atoms in total. The molecule has 0 saturated carbocycles. The van der Waals surface area contributed by atoms with Crippen molar-refractivity contribution in [2.45, 2.75) is 18.7 Å². The van der Waals surface area contributed by atoms with E-state index < -0.39 is 0 Å². The standard InChI is InChI=1S/C14H12Cl3N/c1-9-4-3-7-18-13(9)8-12(17)14-10(15)5-2-6-11(14)16/h2-7,12H,8H2,1H3. The summed E-state index contributed by atoms with van der Waals surface area (Å²) in [5, 5.41) is 0.909. The third-order valence-electron chi connectivity index (χ3n) is 2.80. The molecule has 0 radical (unpaired) electrons. The molecule has 1 atom stereocenters. The Bertz CT molecular complexity index is 534. The molecule has 1 aromatic heterocycles. The maximum absolute atomic E-state index is 6.41. The minimum absolute atomic E-state index is 0.278. The second-order valence-electron chi connectivity index (χ2n) is 4.07. The second kappa shape index (κ2) is 5.92. The SMILES string of the molecule is Cc1cccnc1CC(Cl)c1c(Cl)cccc1Cl. The van der Waals surface area contributed by atoms with Gasteiger partial charge in [-0.15, -0.1) is 11.6 Å². The van der Waals surface area contributed by atoms with Gasteiger partial charge in [0.25, 0.3) is 0 Å². The Morgan fingerprint density at radius 1 is 1.11 bits per heavy atom. The molecule has 0 saturated heterocycles. The lowest BCUT2D eigenvalue weighted by molar-refractivity contribution is 0.870. The van der Waals surface area contributed by atoms with Crippen LogP contribution in [0.3, 0.4) is 0 Å². The third kappa shape index (κ3) is 2.97. The van der Waals surface area contributed by atoms with Gasteiger partial charge in [0.1, 0.15) is 0 Å². The molecule has 0 N–H and O–H groups in total. The van der Waals surface area contributed by atoms with E-state index >= 15 is 0 Å². The Morgan fingerprint density at radius 2 is 1.78 bits per heavy atom. The molecule has 18 heavy (non-hydrogen) atoms. The van der Waals surface area contributed by atoms with Crippen LogP contribution in [0.4, 0.5) is 0 Å². The molecular formula is C14H12Cl3N. The third-order valence-corrected chi connectivity index (χ3v) is 3.84. The highest BCUT2D eigenvalue weighted by molar-refractivity contribution is 6.37. The average molecular weight is 301 g/mol. The van der Waals surface area contributed by atoms with Crippen LogP contribution >= 0.6 is 34.8 Å². The summed E-state index contributed by atoms with van der Waals surface area (Å²) in [5.74, 6) is 0. The van der Waals surface area contributed by atoms with Crippen molar-refractivity contribution in [3.8, 4) is 0 Å². The van der Waals surface area contributed by atoms with Crippen LogP contribution in [-0.4, -0.2) is 4.98 Å². The first-order valence-corrected chi connectivity index (χ1v) is 6.77. The van der Waals surface area contributed by atoms with Crippen LogP contribution < -0.4 is 0 Å². The monoisotopic (exact) mass is 299 g/mol. The summed E-state index contributed by atoms with van der Waals surface area (Å²) in [6.45, 7) is 2.01. The molecule has 2 rings (SSSR count). The number of hydrogen-bond acceptors (Lipinski definition) is 1. The number of rotatable bonds is 3. The van der Waals surface area contributed by atoms with Gasteiger partial charge in [0.2, 0.25) is 0 Å². The van der Waals surface area contributed by atoms with Gasteiger partial charge in [-0.3, -0.25) is 4.98 Å². The molecule has 4 heteroatoms. The van der Waals surface area contributed by atoms with Crippen LogP contribution in [0.5, 0.6) is 0 Å². The molecule has 2 aromatic rings. The van der Waals surface area contributed by atoms with E-state index in [1.54, 1.807) is 18.3 Å². The quantitative estimate of drug-likeness (QED) is 0.708. The van der Waals surface area contributed by atoms with Gasteiger partial charge in [-0.2, -0.15) is 0 Å². The van der Waals surface area contributed by atoms with Gasteiger partial charge in [0, 0.05) is 33.9 Å². The van der Waals surface area contributed by atoms with Gasteiger partial charge in [-0.25, -0.2) is 0 Å². The van der Waals surface area contributed by atoms with Crippen LogP contribution in [0.15, 0.2) is 36.5 Å². The molecule has 1 aromatic carbocycles. The van der Waals surface area contributed by atoms with Crippen LogP contribution in [0.25, 0.3) is 0 Å². The Balaban J connectivity index is 2.28. The zero-order valence-electron chi connectivity index (χ0n) is 9.83. The maximum Gasteiger partial charge on any atom is 0.0670 e. The first-order chi connectivity index (χ1) is 8.59. The van der Waals surface area contributed by atoms with Crippen LogP contribution in [0, 0.1) is 6.92 Å². The molecule has 0 fully saturated rings. The Hall–Kier alpha value is -0.760. The molecule has 94 valence electrons. The number of alkyl halides is 1. The smallest absolute Gasteiger partial charge is 0.0670 e. The predicted molar refractivity (Wildman–Crippen MR) is 77.7 cm³/mol. The van der Waals surface area contributed by atoms with E-state index in [9.17, 15) is 0 Å². The second-order valence-corrected chi connectivity index (χ2v) is 5.42. The highest BCUT2D eigenvalue weighted by atomic mass is 35.5. The highest BCUT2D eigenvalue weighted by Crippen LogP contribution is 2.36. The summed E-state index contributed by atoms with van der Waals surface area (Å²) >= 11 is 18.7. The number of halogens is 3. The van der Waals surface area contributed by atoms with E-state index in [0.717, 1.165) is 16.8 Å². The van der Waals surface area contributed by atoms with Gasteiger partial charge in [-0.05, 0) is 30.7 Å². The summed E-state index contributed by atoms with van der Waals surface area (Å²) in [7, 11) is 0. The molecule has 0 spiro atoms. The van der Waals surface area contributed by atoms with Crippen molar-refractivity contribution >= 4 is 34.8 Å². The number of aryl methyl sites for hydroxylation is 1. The first kappa shape index (κ1) is 13.7.